The molecule has 0 aliphatic carbocycles. The lowest BCUT2D eigenvalue weighted by atomic mass is 10.2. The molecule has 0 aliphatic rings. The van der Waals surface area contributed by atoms with E-state index < -0.39 is 0 Å². The number of thioether (sulfide) groups is 1. The predicted octanol–water partition coefficient (Wildman–Crippen LogP) is 1.79. The number of amidine groups is 1. The molecule has 0 saturated heterocycles. The normalized spacial score (nSPS) is 11.6. The van der Waals surface area contributed by atoms with Crippen LogP contribution in [-0.2, 0) is 4.74 Å². The Balaban J connectivity index is 4.44. The van der Waals surface area contributed by atoms with Gasteiger partial charge in [-0.05, 0) is 12.2 Å². The molecule has 0 aromatic carbocycles. The predicted molar refractivity (Wildman–Crippen MR) is 64.9 cm³/mol. The quantitative estimate of drug-likeness (QED) is 0.410. The molecule has 0 aliphatic heterocycles. The van der Waals surface area contributed by atoms with Gasteiger partial charge >= 0.3 is 0 Å². The lowest BCUT2D eigenvalue weighted by molar-refractivity contribution is 0.173. The van der Waals surface area contributed by atoms with Crippen LogP contribution in [0, 0.1) is 17.4 Å². The summed E-state index contributed by atoms with van der Waals surface area (Å²) in [6.07, 6.45) is 3.76. The average Bonchev–Trinajstić information content (AvgIpc) is 2.20. The SMILES string of the molecule is COCCN(CC(C)C)C(=NC#N)SC. The van der Waals surface area contributed by atoms with Crippen molar-refractivity contribution in [3.05, 3.63) is 0 Å². The molecule has 15 heavy (non-hydrogen) atoms. The van der Waals surface area contributed by atoms with E-state index in [1.807, 2.05) is 12.4 Å². The van der Waals surface area contributed by atoms with E-state index in [0.29, 0.717) is 12.5 Å². The molecular formula is C10H19N3OS. The van der Waals surface area contributed by atoms with Crippen LogP contribution in [-0.4, -0.2) is 43.1 Å². The molecule has 0 aromatic heterocycles. The number of methoxy groups -OCH3 is 1. The van der Waals surface area contributed by atoms with Gasteiger partial charge in [-0.3, -0.25) is 0 Å². The fourth-order valence-electron chi connectivity index (χ4n) is 1.20. The second kappa shape index (κ2) is 8.57. The topological polar surface area (TPSA) is 48.6 Å². The minimum absolute atomic E-state index is 0.540. The number of rotatable bonds is 5. The van der Waals surface area contributed by atoms with E-state index in [0.717, 1.165) is 18.3 Å². The fourth-order valence-corrected chi connectivity index (χ4v) is 1.75. The van der Waals surface area contributed by atoms with E-state index in [1.54, 1.807) is 7.11 Å². The summed E-state index contributed by atoms with van der Waals surface area (Å²) < 4.78 is 5.04. The Kier molecular flexibility index (Phi) is 8.15. The molecule has 0 atom stereocenters. The third kappa shape index (κ3) is 6.37. The highest BCUT2D eigenvalue weighted by molar-refractivity contribution is 8.13. The Labute approximate surface area is 96.3 Å². The zero-order valence-corrected chi connectivity index (χ0v) is 10.7. The van der Waals surface area contributed by atoms with Gasteiger partial charge in [-0.1, -0.05) is 25.6 Å². The second-order valence-corrected chi connectivity index (χ2v) is 4.30. The van der Waals surface area contributed by atoms with E-state index in [9.17, 15) is 0 Å². The molecule has 5 heteroatoms. The maximum absolute atomic E-state index is 8.57. The number of hydrogen-bond acceptors (Lipinski definition) is 4. The Morgan fingerprint density at radius 1 is 1.60 bits per heavy atom. The van der Waals surface area contributed by atoms with Crippen LogP contribution in [0.25, 0.3) is 0 Å². The molecule has 86 valence electrons. The van der Waals surface area contributed by atoms with Crippen LogP contribution in [0.15, 0.2) is 4.99 Å². The summed E-state index contributed by atoms with van der Waals surface area (Å²) in [4.78, 5) is 5.89. The van der Waals surface area contributed by atoms with Gasteiger partial charge in [0.25, 0.3) is 0 Å². The number of nitrogens with zero attached hydrogens (tertiary/aromatic N) is 3. The first-order chi connectivity index (χ1) is 7.15. The van der Waals surface area contributed by atoms with Crippen molar-refractivity contribution < 1.29 is 4.74 Å². The molecule has 0 N–H and O–H groups in total. The van der Waals surface area contributed by atoms with E-state index in [2.05, 4.69) is 23.7 Å². The van der Waals surface area contributed by atoms with Crippen molar-refractivity contribution in [2.45, 2.75) is 13.8 Å². The van der Waals surface area contributed by atoms with Gasteiger partial charge in [0.1, 0.15) is 0 Å². The molecule has 0 bridgehead atoms. The highest BCUT2D eigenvalue weighted by Crippen LogP contribution is 2.08. The number of hydrogen-bond donors (Lipinski definition) is 0. The molecule has 0 amide bonds. The number of aliphatic imine (C=N–C) groups is 1. The molecule has 0 fully saturated rings. The largest absolute Gasteiger partial charge is 0.383 e. The number of ether oxygens (including phenoxy) is 1. The van der Waals surface area contributed by atoms with E-state index in [1.165, 1.54) is 11.8 Å². The smallest absolute Gasteiger partial charge is 0.208 e. The van der Waals surface area contributed by atoms with Gasteiger partial charge in [-0.15, -0.1) is 4.99 Å². The molecule has 0 heterocycles. The summed E-state index contributed by atoms with van der Waals surface area (Å²) in [6, 6.07) is 0. The standard InChI is InChI=1S/C10H19N3OS/c1-9(2)7-13(5-6-14-3)10(15-4)12-8-11/h9H,5-7H2,1-4H3. The van der Waals surface area contributed by atoms with Crippen LogP contribution >= 0.6 is 11.8 Å². The van der Waals surface area contributed by atoms with Gasteiger partial charge < -0.3 is 9.64 Å². The van der Waals surface area contributed by atoms with E-state index in [4.69, 9.17) is 10.00 Å². The Hall–Kier alpha value is -0.730. The zero-order valence-electron chi connectivity index (χ0n) is 9.86. The molecule has 0 unspecified atom stereocenters. The van der Waals surface area contributed by atoms with Gasteiger partial charge in [-0.25, -0.2) is 0 Å². The van der Waals surface area contributed by atoms with Crippen molar-refractivity contribution in [1.29, 1.82) is 5.26 Å². The van der Waals surface area contributed by atoms with Crippen molar-refractivity contribution in [2.75, 3.05) is 33.1 Å². The summed E-state index contributed by atoms with van der Waals surface area (Å²) in [5.41, 5.74) is 0. The molecule has 0 rings (SSSR count). The van der Waals surface area contributed by atoms with Crippen molar-refractivity contribution in [3.8, 4) is 6.19 Å². The lowest BCUT2D eigenvalue weighted by Gasteiger charge is -2.25. The zero-order chi connectivity index (χ0) is 11.7. The van der Waals surface area contributed by atoms with Crippen molar-refractivity contribution in [1.82, 2.24) is 4.90 Å². The minimum atomic E-state index is 0.540. The third-order valence-electron chi connectivity index (χ3n) is 1.75. The van der Waals surface area contributed by atoms with Gasteiger partial charge in [0.15, 0.2) is 5.17 Å². The minimum Gasteiger partial charge on any atom is -0.383 e. The molecule has 0 saturated carbocycles. The maximum Gasteiger partial charge on any atom is 0.208 e. The third-order valence-corrected chi connectivity index (χ3v) is 2.46. The first kappa shape index (κ1) is 14.3. The van der Waals surface area contributed by atoms with Crippen LogP contribution in [0.1, 0.15) is 13.8 Å². The highest BCUT2D eigenvalue weighted by Gasteiger charge is 2.11. The highest BCUT2D eigenvalue weighted by atomic mass is 32.2. The summed E-state index contributed by atoms with van der Waals surface area (Å²) in [5.74, 6) is 0.540. The van der Waals surface area contributed by atoms with Crippen LogP contribution in [0.5, 0.6) is 0 Å². The van der Waals surface area contributed by atoms with E-state index >= 15 is 0 Å². The molecule has 4 nitrogen and oxygen atoms in total. The second-order valence-electron chi connectivity index (χ2n) is 3.53. The Morgan fingerprint density at radius 3 is 2.67 bits per heavy atom. The molecule has 0 radical (unpaired) electrons. The van der Waals surface area contributed by atoms with Crippen molar-refractivity contribution >= 4 is 16.9 Å². The summed E-state index contributed by atoms with van der Waals surface area (Å²) in [5, 5.41) is 9.33. The van der Waals surface area contributed by atoms with Gasteiger partial charge in [0.2, 0.25) is 6.19 Å². The molecular weight excluding hydrogens is 210 g/mol. The monoisotopic (exact) mass is 229 g/mol. The summed E-state index contributed by atoms with van der Waals surface area (Å²) in [6.45, 7) is 6.60. The first-order valence-electron chi connectivity index (χ1n) is 4.90. The fraction of sp³-hybridized carbons (Fsp3) is 0.800. The van der Waals surface area contributed by atoms with Crippen LogP contribution in [0.2, 0.25) is 0 Å². The van der Waals surface area contributed by atoms with Crippen molar-refractivity contribution in [3.63, 3.8) is 0 Å². The number of nitriles is 1. The van der Waals surface area contributed by atoms with E-state index in [-0.39, 0.29) is 0 Å². The molecule has 0 spiro atoms. The Bertz CT molecular complexity index is 235. The van der Waals surface area contributed by atoms with Crippen molar-refractivity contribution in [2.24, 2.45) is 10.9 Å². The maximum atomic E-state index is 8.57. The van der Waals surface area contributed by atoms with Crippen LogP contribution < -0.4 is 0 Å². The molecule has 0 aromatic rings. The first-order valence-corrected chi connectivity index (χ1v) is 6.12. The van der Waals surface area contributed by atoms with Crippen LogP contribution in [0.4, 0.5) is 0 Å². The van der Waals surface area contributed by atoms with Crippen LogP contribution in [0.3, 0.4) is 0 Å². The average molecular weight is 229 g/mol. The Morgan fingerprint density at radius 2 is 2.27 bits per heavy atom. The summed E-state index contributed by atoms with van der Waals surface area (Å²) in [7, 11) is 1.67. The summed E-state index contributed by atoms with van der Waals surface area (Å²) >= 11 is 1.49. The van der Waals surface area contributed by atoms with Gasteiger partial charge in [0.05, 0.1) is 6.61 Å². The van der Waals surface area contributed by atoms with Gasteiger partial charge in [-0.2, -0.15) is 5.26 Å². The lowest BCUT2D eigenvalue weighted by Crippen LogP contribution is -2.35. The van der Waals surface area contributed by atoms with Gasteiger partial charge in [0, 0.05) is 20.2 Å².